The first-order chi connectivity index (χ1) is 10.8. The molecule has 0 spiro atoms. The monoisotopic (exact) mass is 331 g/mol. The van der Waals surface area contributed by atoms with Gasteiger partial charge in [0.1, 0.15) is 0 Å². The van der Waals surface area contributed by atoms with E-state index in [4.69, 9.17) is 0 Å². The Morgan fingerprint density at radius 3 is 2.17 bits per heavy atom. The molecular formula is C19H25NO2S. The SMILES string of the molecule is Cc1ccc(S(=O)(=O)NCC(C)(C)CCc2ccccc2)cc1. The van der Waals surface area contributed by atoms with Crippen molar-refractivity contribution in [1.29, 1.82) is 0 Å². The zero-order valence-electron chi connectivity index (χ0n) is 14.0. The number of hydrogen-bond acceptors (Lipinski definition) is 2. The number of rotatable bonds is 7. The molecule has 23 heavy (non-hydrogen) atoms. The second kappa shape index (κ2) is 7.28. The van der Waals surface area contributed by atoms with Gasteiger partial charge in [0.05, 0.1) is 4.90 Å². The van der Waals surface area contributed by atoms with Gasteiger partial charge in [0.2, 0.25) is 10.0 Å². The van der Waals surface area contributed by atoms with Crippen LogP contribution in [0.4, 0.5) is 0 Å². The number of nitrogens with one attached hydrogen (secondary N) is 1. The lowest BCUT2D eigenvalue weighted by Gasteiger charge is -2.25. The van der Waals surface area contributed by atoms with Gasteiger partial charge in [0, 0.05) is 6.54 Å². The Bertz CT molecular complexity index is 720. The maximum atomic E-state index is 12.4. The third-order valence-electron chi connectivity index (χ3n) is 4.01. The van der Waals surface area contributed by atoms with Crippen molar-refractivity contribution in [3.05, 3.63) is 65.7 Å². The molecule has 2 rings (SSSR count). The molecule has 0 bridgehead atoms. The summed E-state index contributed by atoms with van der Waals surface area (Å²) in [4.78, 5) is 0.321. The Labute approximate surface area is 139 Å². The Morgan fingerprint density at radius 2 is 1.57 bits per heavy atom. The maximum absolute atomic E-state index is 12.4. The fourth-order valence-electron chi connectivity index (χ4n) is 2.31. The maximum Gasteiger partial charge on any atom is 0.240 e. The van der Waals surface area contributed by atoms with Crippen LogP contribution in [0, 0.1) is 12.3 Å². The molecule has 2 aromatic carbocycles. The lowest BCUT2D eigenvalue weighted by atomic mass is 9.86. The van der Waals surface area contributed by atoms with Gasteiger partial charge in [0.15, 0.2) is 0 Å². The highest BCUT2D eigenvalue weighted by molar-refractivity contribution is 7.89. The summed E-state index contributed by atoms with van der Waals surface area (Å²) < 4.78 is 27.5. The molecule has 0 aliphatic carbocycles. The molecule has 0 saturated heterocycles. The van der Waals surface area contributed by atoms with Crippen LogP contribution < -0.4 is 4.72 Å². The number of benzene rings is 2. The fourth-order valence-corrected chi connectivity index (χ4v) is 3.55. The van der Waals surface area contributed by atoms with Crippen molar-refractivity contribution in [3.8, 4) is 0 Å². The van der Waals surface area contributed by atoms with Gasteiger partial charge < -0.3 is 0 Å². The van der Waals surface area contributed by atoms with Crippen LogP contribution in [-0.2, 0) is 16.4 Å². The predicted octanol–water partition coefficient (Wildman–Crippen LogP) is 3.93. The molecular weight excluding hydrogens is 306 g/mol. The zero-order chi connectivity index (χ0) is 16.9. The highest BCUT2D eigenvalue weighted by Crippen LogP contribution is 2.23. The van der Waals surface area contributed by atoms with E-state index in [0.717, 1.165) is 18.4 Å². The van der Waals surface area contributed by atoms with Crippen LogP contribution in [0.25, 0.3) is 0 Å². The van der Waals surface area contributed by atoms with Crippen LogP contribution in [0.1, 0.15) is 31.4 Å². The third kappa shape index (κ3) is 5.48. The number of sulfonamides is 1. The van der Waals surface area contributed by atoms with Crippen molar-refractivity contribution in [2.24, 2.45) is 5.41 Å². The minimum absolute atomic E-state index is 0.104. The average molecular weight is 331 g/mol. The minimum Gasteiger partial charge on any atom is -0.211 e. The van der Waals surface area contributed by atoms with E-state index in [2.05, 4.69) is 30.7 Å². The molecule has 1 N–H and O–H groups in total. The average Bonchev–Trinajstić information content (AvgIpc) is 2.53. The standard InChI is InChI=1S/C19H25NO2S/c1-16-9-11-18(12-10-16)23(21,22)20-15-19(2,3)14-13-17-7-5-4-6-8-17/h4-12,20H,13-15H2,1-3H3. The topological polar surface area (TPSA) is 46.2 Å². The highest BCUT2D eigenvalue weighted by atomic mass is 32.2. The summed E-state index contributed by atoms with van der Waals surface area (Å²) in [5.74, 6) is 0. The first-order valence-corrected chi connectivity index (χ1v) is 9.37. The quantitative estimate of drug-likeness (QED) is 0.835. The molecule has 0 atom stereocenters. The molecule has 0 aliphatic heterocycles. The van der Waals surface area contributed by atoms with E-state index in [1.165, 1.54) is 5.56 Å². The van der Waals surface area contributed by atoms with E-state index in [1.54, 1.807) is 12.1 Å². The van der Waals surface area contributed by atoms with E-state index < -0.39 is 10.0 Å². The third-order valence-corrected chi connectivity index (χ3v) is 5.42. The predicted molar refractivity (Wildman–Crippen MR) is 94.9 cm³/mol. The molecule has 0 fully saturated rings. The molecule has 124 valence electrons. The summed E-state index contributed by atoms with van der Waals surface area (Å²) in [7, 11) is -3.44. The Kier molecular flexibility index (Phi) is 5.60. The summed E-state index contributed by atoms with van der Waals surface area (Å²) in [6.45, 7) is 6.55. The van der Waals surface area contributed by atoms with E-state index in [0.29, 0.717) is 11.4 Å². The number of hydrogen-bond donors (Lipinski definition) is 1. The van der Waals surface area contributed by atoms with E-state index in [-0.39, 0.29) is 5.41 Å². The lowest BCUT2D eigenvalue weighted by Crippen LogP contribution is -2.34. The first kappa shape index (κ1) is 17.7. The van der Waals surface area contributed by atoms with Crippen LogP contribution in [0.3, 0.4) is 0 Å². The fraction of sp³-hybridized carbons (Fsp3) is 0.368. The van der Waals surface area contributed by atoms with Crippen LogP contribution in [0.5, 0.6) is 0 Å². The molecule has 0 saturated carbocycles. The first-order valence-electron chi connectivity index (χ1n) is 7.89. The zero-order valence-corrected chi connectivity index (χ0v) is 14.9. The van der Waals surface area contributed by atoms with Crippen molar-refractivity contribution in [3.63, 3.8) is 0 Å². The van der Waals surface area contributed by atoms with Gasteiger partial charge in [-0.05, 0) is 42.9 Å². The second-order valence-electron chi connectivity index (χ2n) is 6.79. The van der Waals surface area contributed by atoms with Crippen LogP contribution in [-0.4, -0.2) is 15.0 Å². The van der Waals surface area contributed by atoms with E-state index in [9.17, 15) is 8.42 Å². The summed E-state index contributed by atoms with van der Waals surface area (Å²) in [5, 5.41) is 0. The van der Waals surface area contributed by atoms with Crippen molar-refractivity contribution >= 4 is 10.0 Å². The van der Waals surface area contributed by atoms with Crippen LogP contribution in [0.2, 0.25) is 0 Å². The van der Waals surface area contributed by atoms with Gasteiger partial charge in [-0.2, -0.15) is 0 Å². The molecule has 0 unspecified atom stereocenters. The Morgan fingerprint density at radius 1 is 0.957 bits per heavy atom. The molecule has 0 aromatic heterocycles. The van der Waals surface area contributed by atoms with Crippen molar-refractivity contribution < 1.29 is 8.42 Å². The molecule has 0 amide bonds. The van der Waals surface area contributed by atoms with E-state index in [1.807, 2.05) is 37.3 Å². The van der Waals surface area contributed by atoms with Crippen molar-refractivity contribution in [2.75, 3.05) is 6.54 Å². The van der Waals surface area contributed by atoms with Gasteiger partial charge in [-0.25, -0.2) is 13.1 Å². The smallest absolute Gasteiger partial charge is 0.211 e. The minimum atomic E-state index is -3.44. The normalized spacial score (nSPS) is 12.3. The van der Waals surface area contributed by atoms with Crippen molar-refractivity contribution in [1.82, 2.24) is 4.72 Å². The number of aryl methyl sites for hydroxylation is 2. The summed E-state index contributed by atoms with van der Waals surface area (Å²) >= 11 is 0. The molecule has 4 heteroatoms. The molecule has 3 nitrogen and oxygen atoms in total. The molecule has 2 aromatic rings. The van der Waals surface area contributed by atoms with Crippen LogP contribution in [0.15, 0.2) is 59.5 Å². The molecule has 0 aliphatic rings. The molecule has 0 radical (unpaired) electrons. The summed E-state index contributed by atoms with van der Waals surface area (Å²) in [6.07, 6.45) is 1.87. The van der Waals surface area contributed by atoms with Gasteiger partial charge >= 0.3 is 0 Å². The highest BCUT2D eigenvalue weighted by Gasteiger charge is 2.22. The van der Waals surface area contributed by atoms with Gasteiger partial charge in [-0.3, -0.25) is 0 Å². The summed E-state index contributed by atoms with van der Waals surface area (Å²) in [6, 6.07) is 17.2. The van der Waals surface area contributed by atoms with Gasteiger partial charge in [-0.15, -0.1) is 0 Å². The van der Waals surface area contributed by atoms with Crippen LogP contribution >= 0.6 is 0 Å². The van der Waals surface area contributed by atoms with Gasteiger partial charge in [-0.1, -0.05) is 61.9 Å². The van der Waals surface area contributed by atoms with Gasteiger partial charge in [0.25, 0.3) is 0 Å². The lowest BCUT2D eigenvalue weighted by molar-refractivity contribution is 0.334. The van der Waals surface area contributed by atoms with Crippen molar-refractivity contribution in [2.45, 2.75) is 38.5 Å². The molecule has 0 heterocycles. The Balaban J connectivity index is 1.93. The Hall–Kier alpha value is -1.65. The second-order valence-corrected chi connectivity index (χ2v) is 8.55. The largest absolute Gasteiger partial charge is 0.240 e. The van der Waals surface area contributed by atoms with E-state index >= 15 is 0 Å². The summed E-state index contributed by atoms with van der Waals surface area (Å²) in [5.41, 5.74) is 2.22.